The van der Waals surface area contributed by atoms with E-state index in [4.69, 9.17) is 9.47 Å². The van der Waals surface area contributed by atoms with E-state index in [9.17, 15) is 18.4 Å². The highest BCUT2D eigenvalue weighted by Gasteiger charge is 2.11. The van der Waals surface area contributed by atoms with Gasteiger partial charge in [0.2, 0.25) is 0 Å². The number of aryl methyl sites for hydroxylation is 2. The van der Waals surface area contributed by atoms with E-state index in [1.165, 1.54) is 0 Å². The molecule has 1 amide bonds. The van der Waals surface area contributed by atoms with E-state index in [1.54, 1.807) is 12.1 Å². The topological polar surface area (TPSA) is 64.6 Å². The third-order valence-corrected chi connectivity index (χ3v) is 3.12. The van der Waals surface area contributed by atoms with Crippen molar-refractivity contribution in [1.29, 1.82) is 0 Å². The van der Waals surface area contributed by atoms with E-state index in [0.717, 1.165) is 29.3 Å². The van der Waals surface area contributed by atoms with Crippen molar-refractivity contribution in [3.63, 3.8) is 0 Å². The molecule has 0 saturated carbocycles. The number of amides is 1. The minimum absolute atomic E-state index is 0.326. The summed E-state index contributed by atoms with van der Waals surface area (Å²) in [5.74, 6) is -2.52. The number of carbonyl (C=O) groups excluding carboxylic acids is 2. The zero-order valence-corrected chi connectivity index (χ0v) is 13.8. The van der Waals surface area contributed by atoms with Gasteiger partial charge in [-0.1, -0.05) is 6.07 Å². The summed E-state index contributed by atoms with van der Waals surface area (Å²) in [6.45, 7) is 2.79. The Balaban J connectivity index is 1.79. The van der Waals surface area contributed by atoms with Gasteiger partial charge < -0.3 is 14.8 Å². The molecule has 0 unspecified atom stereocenters. The van der Waals surface area contributed by atoms with Crippen LogP contribution in [0.3, 0.4) is 0 Å². The lowest BCUT2D eigenvalue weighted by Crippen LogP contribution is -2.24. The molecule has 0 aromatic heterocycles. The average Bonchev–Trinajstić information content (AvgIpc) is 2.53. The van der Waals surface area contributed by atoms with Crippen LogP contribution in [0.1, 0.15) is 11.1 Å². The Morgan fingerprint density at radius 1 is 1.00 bits per heavy atom. The van der Waals surface area contributed by atoms with Gasteiger partial charge in [0.1, 0.15) is 17.4 Å². The highest BCUT2D eigenvalue weighted by Crippen LogP contribution is 2.16. The maximum Gasteiger partial charge on any atom is 0.344 e. The Hall–Kier alpha value is -2.96. The molecule has 2 aromatic carbocycles. The molecule has 0 heterocycles. The number of carbonyl (C=O) groups is 2. The standard InChI is InChI=1S/C18H17F2NO4/c1-11-5-12(2)7-14(6-11)24-10-18(23)25-9-17(22)21-16-8-13(19)3-4-15(16)20/h3-8H,9-10H2,1-2H3,(H,21,22). The third kappa shape index (κ3) is 5.87. The molecule has 0 spiro atoms. The molecule has 0 aliphatic heterocycles. The Morgan fingerprint density at radius 2 is 1.68 bits per heavy atom. The summed E-state index contributed by atoms with van der Waals surface area (Å²) in [5.41, 5.74) is 1.65. The smallest absolute Gasteiger partial charge is 0.344 e. The summed E-state index contributed by atoms with van der Waals surface area (Å²) >= 11 is 0. The van der Waals surface area contributed by atoms with E-state index in [-0.39, 0.29) is 12.3 Å². The molecule has 0 aliphatic rings. The molecule has 0 fully saturated rings. The van der Waals surface area contributed by atoms with Gasteiger partial charge >= 0.3 is 5.97 Å². The molecule has 25 heavy (non-hydrogen) atoms. The fourth-order valence-corrected chi connectivity index (χ4v) is 2.13. The van der Waals surface area contributed by atoms with Gasteiger partial charge in [-0.3, -0.25) is 4.79 Å². The minimum Gasteiger partial charge on any atom is -0.482 e. The average molecular weight is 349 g/mol. The summed E-state index contributed by atoms with van der Waals surface area (Å²) in [6, 6.07) is 8.13. The van der Waals surface area contributed by atoms with Crippen molar-refractivity contribution in [2.45, 2.75) is 13.8 Å². The first-order chi connectivity index (χ1) is 11.8. The van der Waals surface area contributed by atoms with Crippen molar-refractivity contribution in [3.8, 4) is 5.75 Å². The van der Waals surface area contributed by atoms with Crippen molar-refractivity contribution in [3.05, 3.63) is 59.2 Å². The molecule has 7 heteroatoms. The molecule has 2 rings (SSSR count). The Bertz CT molecular complexity index is 772. The molecular formula is C18H17F2NO4. The molecule has 5 nitrogen and oxygen atoms in total. The van der Waals surface area contributed by atoms with Crippen molar-refractivity contribution >= 4 is 17.6 Å². The van der Waals surface area contributed by atoms with Crippen molar-refractivity contribution in [1.82, 2.24) is 0 Å². The van der Waals surface area contributed by atoms with Crippen LogP contribution in [0.15, 0.2) is 36.4 Å². The first-order valence-electron chi connectivity index (χ1n) is 7.45. The van der Waals surface area contributed by atoms with Gasteiger partial charge in [0.15, 0.2) is 13.2 Å². The molecule has 0 bridgehead atoms. The lowest BCUT2D eigenvalue weighted by molar-refractivity contribution is -0.149. The highest BCUT2D eigenvalue weighted by molar-refractivity contribution is 5.92. The number of benzene rings is 2. The van der Waals surface area contributed by atoms with Crippen LogP contribution in [0.2, 0.25) is 0 Å². The lowest BCUT2D eigenvalue weighted by atomic mass is 10.1. The van der Waals surface area contributed by atoms with Crippen molar-refractivity contribution in [2.75, 3.05) is 18.5 Å². The molecule has 2 aromatic rings. The molecule has 1 N–H and O–H groups in total. The zero-order chi connectivity index (χ0) is 18.4. The van der Waals surface area contributed by atoms with E-state index < -0.39 is 30.1 Å². The van der Waals surface area contributed by atoms with Crippen LogP contribution >= 0.6 is 0 Å². The fraction of sp³-hybridized carbons (Fsp3) is 0.222. The van der Waals surface area contributed by atoms with E-state index in [1.807, 2.05) is 19.9 Å². The van der Waals surface area contributed by atoms with Crippen LogP contribution in [-0.4, -0.2) is 25.1 Å². The van der Waals surface area contributed by atoms with Crippen LogP contribution in [-0.2, 0) is 14.3 Å². The van der Waals surface area contributed by atoms with Crippen LogP contribution in [0.25, 0.3) is 0 Å². The molecule has 0 radical (unpaired) electrons. The largest absolute Gasteiger partial charge is 0.482 e. The number of hydrogen-bond acceptors (Lipinski definition) is 4. The molecule has 0 atom stereocenters. The number of ether oxygens (including phenoxy) is 2. The zero-order valence-electron chi connectivity index (χ0n) is 13.8. The first kappa shape index (κ1) is 18.4. The number of nitrogens with one attached hydrogen (secondary N) is 1. The third-order valence-electron chi connectivity index (χ3n) is 3.12. The van der Waals surface area contributed by atoms with Gasteiger partial charge in [0.05, 0.1) is 5.69 Å². The van der Waals surface area contributed by atoms with Crippen LogP contribution in [0, 0.1) is 25.5 Å². The molecule has 0 aliphatic carbocycles. The number of hydrogen-bond donors (Lipinski definition) is 1. The van der Waals surface area contributed by atoms with Gasteiger partial charge in [-0.05, 0) is 49.2 Å². The first-order valence-corrected chi connectivity index (χ1v) is 7.45. The number of halogens is 2. The maximum atomic E-state index is 13.4. The predicted octanol–water partition coefficient (Wildman–Crippen LogP) is 3.14. The van der Waals surface area contributed by atoms with E-state index in [2.05, 4.69) is 5.32 Å². The van der Waals surface area contributed by atoms with Gasteiger partial charge in [0, 0.05) is 6.07 Å². The normalized spacial score (nSPS) is 10.2. The summed E-state index contributed by atoms with van der Waals surface area (Å²) in [5, 5.41) is 2.12. The quantitative estimate of drug-likeness (QED) is 0.814. The maximum absolute atomic E-state index is 13.4. The second-order valence-electron chi connectivity index (χ2n) is 5.45. The molecule has 0 saturated heterocycles. The second kappa shape index (κ2) is 8.23. The summed E-state index contributed by atoms with van der Waals surface area (Å²) in [7, 11) is 0. The predicted molar refractivity (Wildman–Crippen MR) is 87.4 cm³/mol. The van der Waals surface area contributed by atoms with Gasteiger partial charge in [0.25, 0.3) is 5.91 Å². The Morgan fingerprint density at radius 3 is 2.36 bits per heavy atom. The van der Waals surface area contributed by atoms with Crippen LogP contribution in [0.5, 0.6) is 5.75 Å². The number of esters is 1. The van der Waals surface area contributed by atoms with Gasteiger partial charge in [-0.25, -0.2) is 13.6 Å². The SMILES string of the molecule is Cc1cc(C)cc(OCC(=O)OCC(=O)Nc2cc(F)ccc2F)c1. The number of anilines is 1. The highest BCUT2D eigenvalue weighted by atomic mass is 19.1. The summed E-state index contributed by atoms with van der Waals surface area (Å²) in [6.07, 6.45) is 0. The van der Waals surface area contributed by atoms with E-state index in [0.29, 0.717) is 5.75 Å². The second-order valence-corrected chi connectivity index (χ2v) is 5.45. The Kier molecular flexibility index (Phi) is 6.05. The number of rotatable bonds is 6. The molecular weight excluding hydrogens is 332 g/mol. The minimum atomic E-state index is -0.792. The lowest BCUT2D eigenvalue weighted by Gasteiger charge is -2.09. The van der Waals surface area contributed by atoms with Crippen LogP contribution < -0.4 is 10.1 Å². The van der Waals surface area contributed by atoms with Gasteiger partial charge in [-0.15, -0.1) is 0 Å². The monoisotopic (exact) mass is 349 g/mol. The Labute approximate surface area is 143 Å². The van der Waals surface area contributed by atoms with Crippen molar-refractivity contribution < 1.29 is 27.8 Å². The summed E-state index contributed by atoms with van der Waals surface area (Å²) < 4.78 is 36.4. The van der Waals surface area contributed by atoms with Crippen LogP contribution in [0.4, 0.5) is 14.5 Å². The van der Waals surface area contributed by atoms with Crippen molar-refractivity contribution in [2.24, 2.45) is 0 Å². The van der Waals surface area contributed by atoms with E-state index >= 15 is 0 Å². The summed E-state index contributed by atoms with van der Waals surface area (Å²) in [4.78, 5) is 23.2. The van der Waals surface area contributed by atoms with Gasteiger partial charge in [-0.2, -0.15) is 0 Å². The fourth-order valence-electron chi connectivity index (χ4n) is 2.13. The molecule has 132 valence electrons.